The maximum atomic E-state index is 13.7. The van der Waals surface area contributed by atoms with Gasteiger partial charge in [0.15, 0.2) is 12.5 Å². The highest BCUT2D eigenvalue weighted by atomic mass is 19.1. The summed E-state index contributed by atoms with van der Waals surface area (Å²) in [6.07, 6.45) is 0.374. The van der Waals surface area contributed by atoms with E-state index in [-0.39, 0.29) is 17.7 Å². The Kier molecular flexibility index (Phi) is 3.03. The van der Waals surface area contributed by atoms with E-state index in [0.29, 0.717) is 0 Å². The summed E-state index contributed by atoms with van der Waals surface area (Å²) in [4.78, 5) is 14.9. The first-order chi connectivity index (χ1) is 8.13. The molecule has 4 nitrogen and oxygen atoms in total. The lowest BCUT2D eigenvalue weighted by molar-refractivity contribution is 0.0599. The number of nitrogens with zero attached hydrogens (tertiary/aromatic N) is 1. The molecular weight excluding hydrogens is 232 g/mol. The molecule has 2 rings (SSSR count). The molecule has 0 radical (unpaired) electrons. The molecule has 17 heavy (non-hydrogen) atoms. The fraction of sp³-hybridized carbons (Fsp3) is 0.273. The molecule has 1 atom stereocenters. The van der Waals surface area contributed by atoms with Crippen LogP contribution in [-0.2, 0) is 9.47 Å². The lowest BCUT2D eigenvalue weighted by Crippen LogP contribution is -2.10. The largest absolute Gasteiger partial charge is 0.473 e. The van der Waals surface area contributed by atoms with Crippen molar-refractivity contribution in [2.45, 2.75) is 6.10 Å². The molecule has 0 saturated carbocycles. The number of hydrogen-bond acceptors (Lipinski definition) is 4. The highest BCUT2D eigenvalue weighted by molar-refractivity contribution is 5.89. The lowest BCUT2D eigenvalue weighted by Gasteiger charge is -2.12. The zero-order chi connectivity index (χ0) is 12.4. The zero-order valence-electron chi connectivity index (χ0n) is 8.94. The van der Waals surface area contributed by atoms with Crippen LogP contribution >= 0.6 is 0 Å². The molecule has 0 N–H and O–H groups in total. The quantitative estimate of drug-likeness (QED) is 0.742. The number of halogens is 2. The second kappa shape index (κ2) is 4.48. The fourth-order valence-corrected chi connectivity index (χ4v) is 1.59. The third-order valence-electron chi connectivity index (χ3n) is 2.39. The number of methoxy groups -OCH3 is 1. The Morgan fingerprint density at radius 1 is 1.47 bits per heavy atom. The third kappa shape index (κ3) is 2.11. The first kappa shape index (κ1) is 11.5. The van der Waals surface area contributed by atoms with Gasteiger partial charge in [-0.2, -0.15) is 0 Å². The molecule has 1 unspecified atom stereocenters. The van der Waals surface area contributed by atoms with Crippen LogP contribution in [0, 0.1) is 11.6 Å². The third-order valence-corrected chi connectivity index (χ3v) is 2.39. The molecular formula is C11H9F2NO3. The first-order valence-corrected chi connectivity index (χ1v) is 4.84. The summed E-state index contributed by atoms with van der Waals surface area (Å²) in [6.45, 7) is 0.158. The van der Waals surface area contributed by atoms with Gasteiger partial charge in [0, 0.05) is 0 Å². The minimum Gasteiger partial charge on any atom is -0.473 e. The average Bonchev–Trinajstić information content (AvgIpc) is 2.80. The Labute approximate surface area is 95.9 Å². The van der Waals surface area contributed by atoms with Crippen molar-refractivity contribution in [2.75, 3.05) is 13.7 Å². The van der Waals surface area contributed by atoms with E-state index in [2.05, 4.69) is 9.73 Å². The topological polar surface area (TPSA) is 47.9 Å². The van der Waals surface area contributed by atoms with Crippen LogP contribution in [-0.4, -0.2) is 26.0 Å². The number of carbonyl (C=O) groups excluding carboxylic acids is 1. The number of hydrogen-bond donors (Lipinski definition) is 0. The number of rotatable bonds is 2. The van der Waals surface area contributed by atoms with E-state index in [0.717, 1.165) is 25.6 Å². The van der Waals surface area contributed by atoms with Gasteiger partial charge in [0.05, 0.1) is 24.8 Å². The highest BCUT2D eigenvalue weighted by Gasteiger charge is 2.25. The van der Waals surface area contributed by atoms with Gasteiger partial charge < -0.3 is 9.47 Å². The van der Waals surface area contributed by atoms with Crippen molar-refractivity contribution in [2.24, 2.45) is 4.99 Å². The van der Waals surface area contributed by atoms with E-state index in [1.54, 1.807) is 0 Å². The van der Waals surface area contributed by atoms with Gasteiger partial charge in [-0.1, -0.05) is 0 Å². The van der Waals surface area contributed by atoms with Gasteiger partial charge in [0.25, 0.3) is 0 Å². The molecule has 0 amide bonds. The molecule has 1 heterocycles. The molecule has 6 heteroatoms. The number of benzene rings is 1. The molecule has 90 valence electrons. The van der Waals surface area contributed by atoms with Crippen LogP contribution in [0.15, 0.2) is 17.1 Å². The normalized spacial score (nSPS) is 17.9. The van der Waals surface area contributed by atoms with Crippen molar-refractivity contribution in [3.63, 3.8) is 0 Å². The Hall–Kier alpha value is -1.98. The van der Waals surface area contributed by atoms with E-state index >= 15 is 0 Å². The summed E-state index contributed by atoms with van der Waals surface area (Å²) < 4.78 is 36.7. The molecule has 1 aromatic rings. The number of esters is 1. The maximum absolute atomic E-state index is 13.7. The minimum atomic E-state index is -0.846. The van der Waals surface area contributed by atoms with Gasteiger partial charge in [-0.05, 0) is 12.1 Å². The Balaban J connectivity index is 2.38. The SMILES string of the molecule is COC(=O)c1cc(F)c(C2CN=CO2)c(F)c1. The number of aliphatic imine (C=N–C) groups is 1. The van der Waals surface area contributed by atoms with E-state index in [9.17, 15) is 13.6 Å². The summed E-state index contributed by atoms with van der Waals surface area (Å²) >= 11 is 0. The Morgan fingerprint density at radius 2 is 2.12 bits per heavy atom. The molecule has 1 aliphatic heterocycles. The van der Waals surface area contributed by atoms with Crippen molar-refractivity contribution >= 4 is 12.4 Å². The van der Waals surface area contributed by atoms with Gasteiger partial charge >= 0.3 is 5.97 Å². The second-order valence-electron chi connectivity index (χ2n) is 3.44. The van der Waals surface area contributed by atoms with Crippen LogP contribution < -0.4 is 0 Å². The molecule has 0 spiro atoms. The van der Waals surface area contributed by atoms with Crippen LogP contribution in [0.1, 0.15) is 22.0 Å². The zero-order valence-corrected chi connectivity index (χ0v) is 8.94. The van der Waals surface area contributed by atoms with Crippen LogP contribution in [0.2, 0.25) is 0 Å². The van der Waals surface area contributed by atoms with Gasteiger partial charge in [-0.15, -0.1) is 0 Å². The first-order valence-electron chi connectivity index (χ1n) is 4.84. The van der Waals surface area contributed by atoms with Crippen LogP contribution in [0.5, 0.6) is 0 Å². The molecule has 0 aliphatic carbocycles. The molecule has 1 aliphatic rings. The molecule has 1 aromatic carbocycles. The van der Waals surface area contributed by atoms with E-state index in [1.807, 2.05) is 0 Å². The predicted octanol–water partition coefficient (Wildman–Crippen LogP) is 1.85. The molecule has 0 saturated heterocycles. The molecule has 0 fully saturated rings. The predicted molar refractivity (Wildman–Crippen MR) is 54.9 cm³/mol. The Bertz CT molecular complexity index is 457. The lowest BCUT2D eigenvalue weighted by atomic mass is 10.1. The van der Waals surface area contributed by atoms with Crippen molar-refractivity contribution in [3.8, 4) is 0 Å². The second-order valence-corrected chi connectivity index (χ2v) is 3.44. The minimum absolute atomic E-state index is 0.158. The fourth-order valence-electron chi connectivity index (χ4n) is 1.59. The van der Waals surface area contributed by atoms with Crippen LogP contribution in [0.3, 0.4) is 0 Å². The van der Waals surface area contributed by atoms with Gasteiger partial charge in [0.2, 0.25) is 0 Å². The smallest absolute Gasteiger partial charge is 0.338 e. The maximum Gasteiger partial charge on any atom is 0.338 e. The highest BCUT2D eigenvalue weighted by Crippen LogP contribution is 2.27. The van der Waals surface area contributed by atoms with Crippen molar-refractivity contribution in [1.82, 2.24) is 0 Å². The van der Waals surface area contributed by atoms with Crippen molar-refractivity contribution in [3.05, 3.63) is 34.9 Å². The summed E-state index contributed by atoms with van der Waals surface area (Å²) in [5, 5.41) is 0. The summed E-state index contributed by atoms with van der Waals surface area (Å²) in [7, 11) is 1.14. The van der Waals surface area contributed by atoms with Gasteiger partial charge in [-0.25, -0.2) is 13.6 Å². The summed E-state index contributed by atoms with van der Waals surface area (Å²) in [5.41, 5.74) is -0.402. The van der Waals surface area contributed by atoms with E-state index in [1.165, 1.54) is 0 Å². The van der Waals surface area contributed by atoms with Gasteiger partial charge in [0.1, 0.15) is 11.6 Å². The van der Waals surface area contributed by atoms with Crippen LogP contribution in [0.4, 0.5) is 8.78 Å². The molecule has 0 aromatic heterocycles. The number of ether oxygens (including phenoxy) is 2. The average molecular weight is 241 g/mol. The summed E-state index contributed by atoms with van der Waals surface area (Å²) in [6, 6.07) is 1.85. The monoisotopic (exact) mass is 241 g/mol. The summed E-state index contributed by atoms with van der Waals surface area (Å²) in [5.74, 6) is -2.49. The van der Waals surface area contributed by atoms with E-state index in [4.69, 9.17) is 4.74 Å². The van der Waals surface area contributed by atoms with Crippen molar-refractivity contribution in [1.29, 1.82) is 0 Å². The van der Waals surface area contributed by atoms with Crippen LogP contribution in [0.25, 0.3) is 0 Å². The van der Waals surface area contributed by atoms with Crippen molar-refractivity contribution < 1.29 is 23.0 Å². The number of carbonyl (C=O) groups is 1. The van der Waals surface area contributed by atoms with E-state index < -0.39 is 23.7 Å². The standard InChI is InChI=1S/C11H9F2NO3/c1-16-11(15)6-2-7(12)10(8(13)3-6)9-4-14-5-17-9/h2-3,5,9H,4H2,1H3. The Morgan fingerprint density at radius 3 is 2.59 bits per heavy atom. The van der Waals surface area contributed by atoms with Gasteiger partial charge in [-0.3, -0.25) is 4.99 Å². The molecule has 0 bridgehead atoms.